The molecule has 0 spiro atoms. The summed E-state index contributed by atoms with van der Waals surface area (Å²) in [6.07, 6.45) is 3.14. The number of para-hydroxylation sites is 1. The molecule has 0 saturated heterocycles. The summed E-state index contributed by atoms with van der Waals surface area (Å²) in [5.41, 5.74) is 1.89. The second-order valence-corrected chi connectivity index (χ2v) is 4.71. The van der Waals surface area contributed by atoms with E-state index in [0.29, 0.717) is 5.76 Å². The van der Waals surface area contributed by atoms with Crippen LogP contribution in [-0.4, -0.2) is 12.5 Å². The zero-order chi connectivity index (χ0) is 15.1. The lowest BCUT2D eigenvalue weighted by atomic mass is 10.1. The number of benzene rings is 1. The monoisotopic (exact) mass is 320 g/mol. The SMILES string of the molecule is CCNCc1ccccc1NC(=O)C=Cc1ccc(C)o1.Cl. The van der Waals surface area contributed by atoms with Crippen molar-refractivity contribution in [3.8, 4) is 0 Å². The van der Waals surface area contributed by atoms with E-state index in [0.717, 1.165) is 30.1 Å². The molecular weight excluding hydrogens is 300 g/mol. The van der Waals surface area contributed by atoms with Crippen LogP contribution in [0.5, 0.6) is 0 Å². The van der Waals surface area contributed by atoms with Crippen LogP contribution in [0.3, 0.4) is 0 Å². The number of nitrogens with one attached hydrogen (secondary N) is 2. The van der Waals surface area contributed by atoms with Crippen molar-refractivity contribution in [1.82, 2.24) is 5.32 Å². The minimum absolute atomic E-state index is 0. The average Bonchev–Trinajstić information content (AvgIpc) is 2.90. The molecule has 2 rings (SSSR count). The predicted molar refractivity (Wildman–Crippen MR) is 92.2 cm³/mol. The topological polar surface area (TPSA) is 54.3 Å². The van der Waals surface area contributed by atoms with Crippen LogP contribution >= 0.6 is 12.4 Å². The normalized spacial score (nSPS) is 10.5. The Hall–Kier alpha value is -2.04. The fourth-order valence-electron chi connectivity index (χ4n) is 1.93. The summed E-state index contributed by atoms with van der Waals surface area (Å²) >= 11 is 0. The smallest absolute Gasteiger partial charge is 0.248 e. The highest BCUT2D eigenvalue weighted by Crippen LogP contribution is 2.15. The van der Waals surface area contributed by atoms with Gasteiger partial charge in [-0.25, -0.2) is 0 Å². The van der Waals surface area contributed by atoms with Crippen LogP contribution in [0.25, 0.3) is 6.08 Å². The molecule has 0 atom stereocenters. The van der Waals surface area contributed by atoms with Gasteiger partial charge >= 0.3 is 0 Å². The van der Waals surface area contributed by atoms with E-state index in [4.69, 9.17) is 4.42 Å². The molecule has 1 amide bonds. The van der Waals surface area contributed by atoms with Gasteiger partial charge in [-0.2, -0.15) is 0 Å². The van der Waals surface area contributed by atoms with Crippen molar-refractivity contribution < 1.29 is 9.21 Å². The lowest BCUT2D eigenvalue weighted by Crippen LogP contribution is -2.15. The van der Waals surface area contributed by atoms with Crippen molar-refractivity contribution in [2.45, 2.75) is 20.4 Å². The van der Waals surface area contributed by atoms with Gasteiger partial charge in [0.1, 0.15) is 11.5 Å². The standard InChI is InChI=1S/C17H20N2O2.ClH/c1-3-18-12-14-6-4-5-7-16(14)19-17(20)11-10-15-9-8-13(2)21-15;/h4-11,18H,3,12H2,1-2H3,(H,19,20);1H. The number of aryl methyl sites for hydroxylation is 1. The predicted octanol–water partition coefficient (Wildman–Crippen LogP) is 3.77. The highest BCUT2D eigenvalue weighted by Gasteiger charge is 2.04. The summed E-state index contributed by atoms with van der Waals surface area (Å²) < 4.78 is 5.38. The molecule has 1 aromatic heterocycles. The minimum Gasteiger partial charge on any atom is -0.462 e. The molecular formula is C17H21ClN2O2. The van der Waals surface area contributed by atoms with E-state index >= 15 is 0 Å². The van der Waals surface area contributed by atoms with Gasteiger partial charge < -0.3 is 15.1 Å². The lowest BCUT2D eigenvalue weighted by molar-refractivity contribution is -0.111. The Kier molecular flexibility index (Phi) is 7.43. The zero-order valence-electron chi connectivity index (χ0n) is 12.8. The molecule has 1 heterocycles. The number of halogens is 1. The number of carbonyl (C=O) groups is 1. The van der Waals surface area contributed by atoms with E-state index in [1.165, 1.54) is 6.08 Å². The first kappa shape index (κ1) is 18.0. The van der Waals surface area contributed by atoms with E-state index in [9.17, 15) is 4.79 Å². The third-order valence-corrected chi connectivity index (χ3v) is 3.00. The van der Waals surface area contributed by atoms with Crippen LogP contribution < -0.4 is 10.6 Å². The molecule has 2 N–H and O–H groups in total. The Balaban J connectivity index is 0.00000242. The fraction of sp³-hybridized carbons (Fsp3) is 0.235. The maximum Gasteiger partial charge on any atom is 0.248 e. The first-order valence-corrected chi connectivity index (χ1v) is 7.03. The summed E-state index contributed by atoms with van der Waals surface area (Å²) in [5.74, 6) is 1.32. The van der Waals surface area contributed by atoms with E-state index in [2.05, 4.69) is 17.6 Å². The highest BCUT2D eigenvalue weighted by molar-refractivity contribution is 6.02. The maximum absolute atomic E-state index is 12.0. The van der Waals surface area contributed by atoms with E-state index in [1.807, 2.05) is 43.3 Å². The molecule has 0 aliphatic carbocycles. The Labute approximate surface area is 137 Å². The molecule has 5 heteroatoms. The fourth-order valence-corrected chi connectivity index (χ4v) is 1.93. The van der Waals surface area contributed by atoms with Crippen LogP contribution in [0, 0.1) is 6.92 Å². The number of hydrogen-bond donors (Lipinski definition) is 2. The van der Waals surface area contributed by atoms with Crippen molar-refractivity contribution in [3.05, 3.63) is 59.6 Å². The van der Waals surface area contributed by atoms with Gasteiger partial charge in [0.25, 0.3) is 0 Å². The third kappa shape index (κ3) is 5.39. The summed E-state index contributed by atoms with van der Waals surface area (Å²) in [4.78, 5) is 12.0. The second kappa shape index (κ2) is 9.07. The van der Waals surface area contributed by atoms with E-state index in [1.54, 1.807) is 6.08 Å². The Bertz CT molecular complexity index is 635. The van der Waals surface area contributed by atoms with Crippen molar-refractivity contribution in [2.24, 2.45) is 0 Å². The van der Waals surface area contributed by atoms with Crippen molar-refractivity contribution >= 4 is 30.1 Å². The second-order valence-electron chi connectivity index (χ2n) is 4.71. The number of furan rings is 1. The summed E-state index contributed by atoms with van der Waals surface area (Å²) in [6, 6.07) is 11.5. The van der Waals surface area contributed by atoms with Crippen molar-refractivity contribution in [1.29, 1.82) is 0 Å². The van der Waals surface area contributed by atoms with Crippen LogP contribution in [0.1, 0.15) is 24.0 Å². The Morgan fingerprint density at radius 2 is 2.00 bits per heavy atom. The summed E-state index contributed by atoms with van der Waals surface area (Å²) in [7, 11) is 0. The number of rotatable bonds is 6. The van der Waals surface area contributed by atoms with Gasteiger partial charge in [0.05, 0.1) is 0 Å². The van der Waals surface area contributed by atoms with Gasteiger partial charge in [-0.3, -0.25) is 4.79 Å². The zero-order valence-corrected chi connectivity index (χ0v) is 13.6. The van der Waals surface area contributed by atoms with Crippen LogP contribution in [-0.2, 0) is 11.3 Å². The molecule has 2 aromatic rings. The van der Waals surface area contributed by atoms with E-state index in [-0.39, 0.29) is 18.3 Å². The maximum atomic E-state index is 12.0. The van der Waals surface area contributed by atoms with Crippen LogP contribution in [0.4, 0.5) is 5.69 Å². The first-order chi connectivity index (χ1) is 10.2. The van der Waals surface area contributed by atoms with Crippen LogP contribution in [0.2, 0.25) is 0 Å². The van der Waals surface area contributed by atoms with Gasteiger partial charge in [0.15, 0.2) is 0 Å². The number of carbonyl (C=O) groups excluding carboxylic acids is 1. The Morgan fingerprint density at radius 1 is 1.23 bits per heavy atom. The molecule has 0 aliphatic rings. The molecule has 0 unspecified atom stereocenters. The van der Waals surface area contributed by atoms with Crippen molar-refractivity contribution in [3.63, 3.8) is 0 Å². The number of anilines is 1. The number of hydrogen-bond acceptors (Lipinski definition) is 3. The molecule has 0 radical (unpaired) electrons. The molecule has 118 valence electrons. The van der Waals surface area contributed by atoms with Gasteiger partial charge in [-0.1, -0.05) is 25.1 Å². The first-order valence-electron chi connectivity index (χ1n) is 7.03. The Morgan fingerprint density at radius 3 is 2.68 bits per heavy atom. The number of amides is 1. The molecule has 0 bridgehead atoms. The largest absolute Gasteiger partial charge is 0.462 e. The molecule has 22 heavy (non-hydrogen) atoms. The summed E-state index contributed by atoms with van der Waals surface area (Å²) in [5, 5.41) is 6.14. The molecule has 1 aromatic carbocycles. The molecule has 0 aliphatic heterocycles. The quantitative estimate of drug-likeness (QED) is 0.797. The van der Waals surface area contributed by atoms with Gasteiger partial charge in [0, 0.05) is 18.3 Å². The molecule has 4 nitrogen and oxygen atoms in total. The van der Waals surface area contributed by atoms with E-state index < -0.39 is 0 Å². The molecule has 0 fully saturated rings. The van der Waals surface area contributed by atoms with Gasteiger partial charge in [-0.15, -0.1) is 12.4 Å². The highest BCUT2D eigenvalue weighted by atomic mass is 35.5. The van der Waals surface area contributed by atoms with Gasteiger partial charge in [-0.05, 0) is 43.3 Å². The van der Waals surface area contributed by atoms with Crippen LogP contribution in [0.15, 0.2) is 46.9 Å². The van der Waals surface area contributed by atoms with Gasteiger partial charge in [0.2, 0.25) is 5.91 Å². The van der Waals surface area contributed by atoms with Crippen molar-refractivity contribution in [2.75, 3.05) is 11.9 Å². The third-order valence-electron chi connectivity index (χ3n) is 3.00. The average molecular weight is 321 g/mol. The lowest BCUT2D eigenvalue weighted by Gasteiger charge is -2.09. The summed E-state index contributed by atoms with van der Waals surface area (Å²) in [6.45, 7) is 5.54. The minimum atomic E-state index is -0.173. The molecule has 0 saturated carbocycles.